The van der Waals surface area contributed by atoms with E-state index in [0.717, 1.165) is 5.56 Å². The third kappa shape index (κ3) is 3.65. The van der Waals surface area contributed by atoms with Gasteiger partial charge in [-0.2, -0.15) is 0 Å². The number of carbonyl (C=O) groups is 1. The molecule has 0 bridgehead atoms. The number of benzene rings is 2. The minimum Gasteiger partial charge on any atom is -0.336 e. The molecule has 3 rings (SSSR count). The van der Waals surface area contributed by atoms with Crippen molar-refractivity contribution >= 4 is 5.91 Å². The Hall–Kier alpha value is -3.02. The maximum atomic E-state index is 13.7. The van der Waals surface area contributed by atoms with E-state index in [-0.39, 0.29) is 24.0 Å². The number of hydrogen-bond acceptors (Lipinski definition) is 3. The smallest absolute Gasteiger partial charge is 0.276 e. The fourth-order valence-electron chi connectivity index (χ4n) is 2.39. The van der Waals surface area contributed by atoms with Crippen molar-refractivity contribution in [3.8, 4) is 0 Å². The van der Waals surface area contributed by atoms with Gasteiger partial charge in [0.15, 0.2) is 5.69 Å². The quantitative estimate of drug-likeness (QED) is 0.725. The molecule has 24 heavy (non-hydrogen) atoms. The van der Waals surface area contributed by atoms with Crippen molar-refractivity contribution in [1.29, 1.82) is 0 Å². The van der Waals surface area contributed by atoms with Gasteiger partial charge in [0.05, 0.1) is 12.7 Å². The third-order valence-electron chi connectivity index (χ3n) is 3.66. The summed E-state index contributed by atoms with van der Waals surface area (Å²) in [6.07, 6.45) is 1.60. The Kier molecular flexibility index (Phi) is 4.65. The molecule has 0 aliphatic rings. The second kappa shape index (κ2) is 7.04. The molecule has 0 radical (unpaired) electrons. The number of nitrogens with zero attached hydrogens (tertiary/aromatic N) is 4. The molecule has 2 aromatic carbocycles. The second-order valence-electron chi connectivity index (χ2n) is 5.54. The highest BCUT2D eigenvalue weighted by atomic mass is 19.1. The normalized spacial score (nSPS) is 10.6. The average molecular weight is 324 g/mol. The molecule has 0 fully saturated rings. The van der Waals surface area contributed by atoms with Crippen molar-refractivity contribution in [3.63, 3.8) is 0 Å². The molecule has 0 spiro atoms. The Bertz CT molecular complexity index is 832. The van der Waals surface area contributed by atoms with Crippen molar-refractivity contribution in [2.24, 2.45) is 0 Å². The van der Waals surface area contributed by atoms with Gasteiger partial charge in [0.25, 0.3) is 5.91 Å². The predicted octanol–water partition coefficient (Wildman–Crippen LogP) is 2.74. The molecule has 3 aromatic rings. The number of rotatable bonds is 5. The van der Waals surface area contributed by atoms with Gasteiger partial charge in [-0.05, 0) is 11.6 Å². The third-order valence-corrected chi connectivity index (χ3v) is 3.66. The van der Waals surface area contributed by atoms with Gasteiger partial charge >= 0.3 is 0 Å². The number of hydrogen-bond donors (Lipinski definition) is 0. The molecular formula is C18H17FN4O. The summed E-state index contributed by atoms with van der Waals surface area (Å²) in [7, 11) is 1.62. The predicted molar refractivity (Wildman–Crippen MR) is 87.8 cm³/mol. The van der Waals surface area contributed by atoms with Gasteiger partial charge in [-0.3, -0.25) is 4.79 Å². The summed E-state index contributed by atoms with van der Waals surface area (Å²) in [5, 5.41) is 7.91. The van der Waals surface area contributed by atoms with Gasteiger partial charge < -0.3 is 4.90 Å². The fraction of sp³-hybridized carbons (Fsp3) is 0.167. The Labute approximate surface area is 139 Å². The molecule has 1 aromatic heterocycles. The first kappa shape index (κ1) is 15.9. The fourth-order valence-corrected chi connectivity index (χ4v) is 2.39. The van der Waals surface area contributed by atoms with Crippen molar-refractivity contribution in [2.45, 2.75) is 13.1 Å². The van der Waals surface area contributed by atoms with Gasteiger partial charge in [0, 0.05) is 19.2 Å². The van der Waals surface area contributed by atoms with Crippen LogP contribution < -0.4 is 0 Å². The SMILES string of the molecule is CN(Cc1ccccc1F)C(=O)c1cn(Cc2ccccc2)nn1. The summed E-state index contributed by atoms with van der Waals surface area (Å²) < 4.78 is 15.3. The summed E-state index contributed by atoms with van der Waals surface area (Å²) in [6, 6.07) is 16.2. The molecule has 0 saturated heterocycles. The zero-order valence-corrected chi connectivity index (χ0v) is 13.3. The maximum absolute atomic E-state index is 13.7. The van der Waals surface area contributed by atoms with Crippen molar-refractivity contribution in [3.05, 3.63) is 83.4 Å². The van der Waals surface area contributed by atoms with E-state index in [2.05, 4.69) is 10.3 Å². The number of carbonyl (C=O) groups excluding carboxylic acids is 1. The molecule has 1 heterocycles. The van der Waals surface area contributed by atoms with Gasteiger partial charge in [-0.25, -0.2) is 9.07 Å². The van der Waals surface area contributed by atoms with E-state index in [1.165, 1.54) is 11.0 Å². The first-order valence-electron chi connectivity index (χ1n) is 7.56. The Morgan fingerprint density at radius 2 is 1.83 bits per heavy atom. The van der Waals surface area contributed by atoms with Gasteiger partial charge in [-0.15, -0.1) is 5.10 Å². The van der Waals surface area contributed by atoms with E-state index in [1.54, 1.807) is 36.1 Å². The highest BCUT2D eigenvalue weighted by molar-refractivity contribution is 5.91. The van der Waals surface area contributed by atoms with Crippen LogP contribution in [-0.4, -0.2) is 32.8 Å². The number of halogens is 1. The van der Waals surface area contributed by atoms with Crippen LogP contribution in [-0.2, 0) is 13.1 Å². The van der Waals surface area contributed by atoms with E-state index in [9.17, 15) is 9.18 Å². The average Bonchev–Trinajstić information content (AvgIpc) is 3.05. The number of aromatic nitrogens is 3. The monoisotopic (exact) mass is 324 g/mol. The highest BCUT2D eigenvalue weighted by Crippen LogP contribution is 2.11. The molecular weight excluding hydrogens is 307 g/mol. The van der Waals surface area contributed by atoms with Crippen molar-refractivity contribution in [2.75, 3.05) is 7.05 Å². The van der Waals surface area contributed by atoms with Crippen LogP contribution in [0.2, 0.25) is 0 Å². The van der Waals surface area contributed by atoms with Crippen LogP contribution in [0.3, 0.4) is 0 Å². The number of amides is 1. The zero-order chi connectivity index (χ0) is 16.9. The lowest BCUT2D eigenvalue weighted by molar-refractivity contribution is 0.0778. The Morgan fingerprint density at radius 1 is 1.12 bits per heavy atom. The van der Waals surface area contributed by atoms with E-state index in [1.807, 2.05) is 30.3 Å². The lowest BCUT2D eigenvalue weighted by atomic mass is 10.2. The van der Waals surface area contributed by atoms with Gasteiger partial charge in [0.1, 0.15) is 5.82 Å². The van der Waals surface area contributed by atoms with E-state index in [0.29, 0.717) is 12.1 Å². The van der Waals surface area contributed by atoms with Crippen LogP contribution in [0.4, 0.5) is 4.39 Å². The second-order valence-corrected chi connectivity index (χ2v) is 5.54. The molecule has 0 aliphatic carbocycles. The van der Waals surface area contributed by atoms with E-state index in [4.69, 9.17) is 0 Å². The molecule has 0 aliphatic heterocycles. The lowest BCUT2D eigenvalue weighted by Gasteiger charge is -2.16. The van der Waals surface area contributed by atoms with Crippen LogP contribution in [0.15, 0.2) is 60.8 Å². The van der Waals surface area contributed by atoms with Gasteiger partial charge in [-0.1, -0.05) is 53.7 Å². The summed E-state index contributed by atoms with van der Waals surface area (Å²) >= 11 is 0. The first-order valence-corrected chi connectivity index (χ1v) is 7.56. The minimum atomic E-state index is -0.329. The maximum Gasteiger partial charge on any atom is 0.276 e. The van der Waals surface area contributed by atoms with E-state index >= 15 is 0 Å². The zero-order valence-electron chi connectivity index (χ0n) is 13.3. The molecule has 0 atom stereocenters. The van der Waals surface area contributed by atoms with Crippen LogP contribution in [0, 0.1) is 5.82 Å². The molecule has 122 valence electrons. The highest BCUT2D eigenvalue weighted by Gasteiger charge is 2.17. The summed E-state index contributed by atoms with van der Waals surface area (Å²) in [5.41, 5.74) is 1.77. The first-order chi connectivity index (χ1) is 11.6. The summed E-state index contributed by atoms with van der Waals surface area (Å²) in [4.78, 5) is 13.8. The van der Waals surface area contributed by atoms with Crippen LogP contribution in [0.5, 0.6) is 0 Å². The van der Waals surface area contributed by atoms with Gasteiger partial charge in [0.2, 0.25) is 0 Å². The molecule has 0 saturated carbocycles. The Morgan fingerprint density at radius 3 is 2.58 bits per heavy atom. The molecule has 6 heteroatoms. The van der Waals surface area contributed by atoms with Crippen LogP contribution >= 0.6 is 0 Å². The molecule has 1 amide bonds. The Balaban J connectivity index is 1.68. The van der Waals surface area contributed by atoms with Crippen LogP contribution in [0.1, 0.15) is 21.6 Å². The molecule has 0 N–H and O–H groups in total. The summed E-state index contributed by atoms with van der Waals surface area (Å²) in [6.45, 7) is 0.717. The van der Waals surface area contributed by atoms with Crippen LogP contribution in [0.25, 0.3) is 0 Å². The lowest BCUT2D eigenvalue weighted by Crippen LogP contribution is -2.27. The molecule has 5 nitrogen and oxygen atoms in total. The van der Waals surface area contributed by atoms with E-state index < -0.39 is 0 Å². The van der Waals surface area contributed by atoms with Crippen molar-refractivity contribution in [1.82, 2.24) is 19.9 Å². The van der Waals surface area contributed by atoms with Crippen molar-refractivity contribution < 1.29 is 9.18 Å². The largest absolute Gasteiger partial charge is 0.336 e. The minimum absolute atomic E-state index is 0.178. The summed E-state index contributed by atoms with van der Waals surface area (Å²) in [5.74, 6) is -0.623. The molecule has 0 unspecified atom stereocenters. The standard InChI is InChI=1S/C18H17FN4O/c1-22(12-15-9-5-6-10-16(15)19)18(24)17-13-23(21-20-17)11-14-7-3-2-4-8-14/h2-10,13H,11-12H2,1H3. The topological polar surface area (TPSA) is 51.0 Å².